The van der Waals surface area contributed by atoms with E-state index in [9.17, 15) is 4.79 Å². The van der Waals surface area contributed by atoms with Gasteiger partial charge in [-0.2, -0.15) is 0 Å². The van der Waals surface area contributed by atoms with Crippen LogP contribution in [0.4, 0.5) is 0 Å². The fourth-order valence-electron chi connectivity index (χ4n) is 4.04. The van der Waals surface area contributed by atoms with Crippen molar-refractivity contribution < 1.29 is 4.79 Å². The van der Waals surface area contributed by atoms with Crippen molar-refractivity contribution in [2.45, 2.75) is 69.2 Å². The topological polar surface area (TPSA) is 17.1 Å². The molecular weight excluding hydrogens is 388 g/mol. The Morgan fingerprint density at radius 1 is 0.719 bits per heavy atom. The van der Waals surface area contributed by atoms with Gasteiger partial charge in [0.15, 0.2) is 5.78 Å². The molecular formula is C31H42O. The van der Waals surface area contributed by atoms with Crippen LogP contribution in [0, 0.1) is 13.8 Å². The number of benzene rings is 2. The van der Waals surface area contributed by atoms with E-state index in [0.717, 1.165) is 38.6 Å². The fraction of sp³-hybridized carbons (Fsp3) is 0.323. The molecule has 0 unspecified atom stereocenters. The number of rotatable bonds is 4. The summed E-state index contributed by atoms with van der Waals surface area (Å²) in [4.78, 5) is 13.2. The highest BCUT2D eigenvalue weighted by Gasteiger charge is 2.30. The maximum absolute atomic E-state index is 13.2. The summed E-state index contributed by atoms with van der Waals surface area (Å²) in [5.74, 6) is 0.0602. The lowest BCUT2D eigenvalue weighted by Crippen LogP contribution is -2.03. The van der Waals surface area contributed by atoms with Crippen LogP contribution in [0.3, 0.4) is 0 Å². The zero-order valence-corrected chi connectivity index (χ0v) is 21.9. The maximum atomic E-state index is 13.2. The predicted molar refractivity (Wildman–Crippen MR) is 149 cm³/mol. The Labute approximate surface area is 197 Å². The standard InChI is InChI=1S/C25H24O.3C2H6/c1-7-11-19-15(5)20-13-14-22-21(12-8-2)18(10-4)25(26)24(22)23(20)16(6)17(19)9-3;3*1-2/h7-14H,3-4H2,1-2,5-6H3;3*1-2H3/b11-7-,12-8-;;;. The Hall–Kier alpha value is -2.93. The van der Waals surface area contributed by atoms with Gasteiger partial charge in [0.05, 0.1) is 0 Å². The van der Waals surface area contributed by atoms with Crippen LogP contribution in [0.15, 0.2) is 55.2 Å². The summed E-state index contributed by atoms with van der Waals surface area (Å²) in [5, 5.41) is 2.16. The molecule has 1 heteroatoms. The second kappa shape index (κ2) is 14.2. The molecule has 3 rings (SSSR count). The largest absolute Gasteiger partial charge is 0.289 e. The van der Waals surface area contributed by atoms with E-state index in [1.54, 1.807) is 6.08 Å². The van der Waals surface area contributed by atoms with Gasteiger partial charge in [-0.25, -0.2) is 0 Å². The van der Waals surface area contributed by atoms with Gasteiger partial charge in [0, 0.05) is 11.1 Å². The van der Waals surface area contributed by atoms with E-state index >= 15 is 0 Å². The molecule has 0 fully saturated rings. The van der Waals surface area contributed by atoms with Crippen molar-refractivity contribution in [1.29, 1.82) is 0 Å². The minimum absolute atomic E-state index is 0.0602. The molecule has 0 atom stereocenters. The summed E-state index contributed by atoms with van der Waals surface area (Å²) in [7, 11) is 0. The number of carbonyl (C=O) groups is 1. The van der Waals surface area contributed by atoms with E-state index in [2.05, 4.69) is 45.2 Å². The molecule has 0 aliphatic heterocycles. The zero-order chi connectivity index (χ0) is 25.0. The number of allylic oxidation sites excluding steroid dienone is 6. The summed E-state index contributed by atoms with van der Waals surface area (Å²) in [6, 6.07) is 4.21. The molecule has 0 amide bonds. The van der Waals surface area contributed by atoms with Crippen molar-refractivity contribution >= 4 is 34.3 Å². The number of hydrogen-bond acceptors (Lipinski definition) is 1. The summed E-state index contributed by atoms with van der Waals surface area (Å²) >= 11 is 0. The number of carbonyl (C=O) groups excluding carboxylic acids is 1. The number of hydrogen-bond donors (Lipinski definition) is 0. The van der Waals surface area contributed by atoms with Gasteiger partial charge in [-0.05, 0) is 71.9 Å². The SMILES string of the molecule is C=CC1=C(/C=C\C)c2ccc3c(C)c(/C=C\C)c(C=C)c(C)c3c2C1=O.CC.CC.CC. The minimum atomic E-state index is 0.0602. The van der Waals surface area contributed by atoms with E-state index in [-0.39, 0.29) is 5.78 Å². The highest BCUT2D eigenvalue weighted by Crippen LogP contribution is 2.42. The van der Waals surface area contributed by atoms with E-state index in [4.69, 9.17) is 0 Å². The normalized spacial score (nSPS) is 12.0. The molecule has 0 saturated heterocycles. The van der Waals surface area contributed by atoms with Gasteiger partial charge in [-0.15, -0.1) is 0 Å². The van der Waals surface area contributed by atoms with Crippen LogP contribution in [0.5, 0.6) is 0 Å². The van der Waals surface area contributed by atoms with Crippen LogP contribution >= 0.6 is 0 Å². The van der Waals surface area contributed by atoms with E-state index in [1.807, 2.05) is 79.7 Å². The van der Waals surface area contributed by atoms with Gasteiger partial charge >= 0.3 is 0 Å². The molecule has 0 N–H and O–H groups in total. The lowest BCUT2D eigenvalue weighted by Gasteiger charge is -2.17. The third-order valence-corrected chi connectivity index (χ3v) is 5.21. The Morgan fingerprint density at radius 2 is 1.28 bits per heavy atom. The molecule has 0 spiro atoms. The van der Waals surface area contributed by atoms with Crippen LogP contribution in [0.25, 0.3) is 28.5 Å². The lowest BCUT2D eigenvalue weighted by atomic mass is 9.86. The van der Waals surface area contributed by atoms with Crippen LogP contribution in [-0.2, 0) is 0 Å². The Morgan fingerprint density at radius 3 is 1.75 bits per heavy atom. The predicted octanol–water partition coefficient (Wildman–Crippen LogP) is 9.92. The number of Topliss-reactive ketones (excluding diaryl/α,β-unsaturated/α-hetero) is 1. The average molecular weight is 431 g/mol. The molecule has 1 aliphatic rings. The van der Waals surface area contributed by atoms with Crippen molar-refractivity contribution in [2.24, 2.45) is 0 Å². The summed E-state index contributed by atoms with van der Waals surface area (Å²) in [6.45, 7) is 28.1. The molecule has 0 aromatic heterocycles. The van der Waals surface area contributed by atoms with Crippen LogP contribution in [0.2, 0.25) is 0 Å². The third kappa shape index (κ3) is 5.10. The fourth-order valence-corrected chi connectivity index (χ4v) is 4.04. The second-order valence-electron chi connectivity index (χ2n) is 6.55. The van der Waals surface area contributed by atoms with Crippen molar-refractivity contribution in [3.63, 3.8) is 0 Å². The van der Waals surface area contributed by atoms with Gasteiger partial charge < -0.3 is 0 Å². The number of ketones is 1. The number of aryl methyl sites for hydroxylation is 2. The first kappa shape index (κ1) is 29.1. The first-order valence-electron chi connectivity index (χ1n) is 11.9. The molecule has 2 aromatic carbocycles. The second-order valence-corrected chi connectivity index (χ2v) is 6.55. The molecule has 0 bridgehead atoms. The Kier molecular flexibility index (Phi) is 12.9. The monoisotopic (exact) mass is 430 g/mol. The van der Waals surface area contributed by atoms with Crippen molar-refractivity contribution in [3.05, 3.63) is 88.5 Å². The van der Waals surface area contributed by atoms with E-state index in [0.29, 0.717) is 5.57 Å². The van der Waals surface area contributed by atoms with Crippen molar-refractivity contribution in [3.8, 4) is 0 Å². The van der Waals surface area contributed by atoms with Crippen LogP contribution in [-0.4, -0.2) is 5.78 Å². The summed E-state index contributed by atoms with van der Waals surface area (Å²) in [6.07, 6.45) is 11.7. The van der Waals surface area contributed by atoms with Gasteiger partial charge in [0.2, 0.25) is 0 Å². The molecule has 32 heavy (non-hydrogen) atoms. The molecule has 172 valence electrons. The van der Waals surface area contributed by atoms with Gasteiger partial charge in [0.25, 0.3) is 0 Å². The third-order valence-electron chi connectivity index (χ3n) is 5.21. The smallest absolute Gasteiger partial charge is 0.194 e. The number of fused-ring (bicyclic) bond motifs is 3. The quantitative estimate of drug-likeness (QED) is 0.471. The Balaban J connectivity index is 0.00000148. The first-order valence-corrected chi connectivity index (χ1v) is 11.9. The van der Waals surface area contributed by atoms with Crippen molar-refractivity contribution in [2.75, 3.05) is 0 Å². The molecule has 0 heterocycles. The highest BCUT2D eigenvalue weighted by atomic mass is 16.1. The highest BCUT2D eigenvalue weighted by molar-refractivity contribution is 6.29. The van der Waals surface area contributed by atoms with Crippen LogP contribution in [0.1, 0.15) is 93.6 Å². The first-order chi connectivity index (χ1) is 15.5. The lowest BCUT2D eigenvalue weighted by molar-refractivity contribution is 0.104. The van der Waals surface area contributed by atoms with Gasteiger partial charge in [-0.3, -0.25) is 4.79 Å². The average Bonchev–Trinajstić information content (AvgIpc) is 3.12. The van der Waals surface area contributed by atoms with Crippen molar-refractivity contribution in [1.82, 2.24) is 0 Å². The van der Waals surface area contributed by atoms with Crippen LogP contribution < -0.4 is 0 Å². The molecule has 0 radical (unpaired) electrons. The van der Waals surface area contributed by atoms with E-state index in [1.165, 1.54) is 11.1 Å². The maximum Gasteiger partial charge on any atom is 0.194 e. The molecule has 0 saturated carbocycles. The molecule has 1 aliphatic carbocycles. The molecule has 1 nitrogen and oxygen atoms in total. The minimum Gasteiger partial charge on any atom is -0.289 e. The summed E-state index contributed by atoms with van der Waals surface area (Å²) < 4.78 is 0. The Bertz CT molecular complexity index is 1060. The summed E-state index contributed by atoms with van der Waals surface area (Å²) in [5.41, 5.74) is 7.96. The van der Waals surface area contributed by atoms with E-state index < -0.39 is 0 Å². The zero-order valence-electron chi connectivity index (χ0n) is 21.9. The van der Waals surface area contributed by atoms with Gasteiger partial charge in [-0.1, -0.05) is 103 Å². The molecule has 2 aromatic rings. The van der Waals surface area contributed by atoms with Gasteiger partial charge in [0.1, 0.15) is 0 Å².